The first-order valence-corrected chi connectivity index (χ1v) is 10.0. The number of benzene rings is 2. The van der Waals surface area contributed by atoms with Crippen molar-refractivity contribution in [3.63, 3.8) is 0 Å². The van der Waals surface area contributed by atoms with Crippen LogP contribution in [-0.2, 0) is 4.79 Å². The van der Waals surface area contributed by atoms with Gasteiger partial charge in [0, 0.05) is 38.2 Å². The molecule has 1 fully saturated rings. The Morgan fingerprint density at radius 3 is 2.14 bits per heavy atom. The topological polar surface area (TPSA) is 70.1 Å². The number of carboxylic acids is 1. The predicted octanol–water partition coefficient (Wildman–Crippen LogP) is 3.45. The van der Waals surface area contributed by atoms with Gasteiger partial charge in [0.15, 0.2) is 5.78 Å². The van der Waals surface area contributed by atoms with E-state index in [0.717, 1.165) is 11.3 Å². The predicted molar refractivity (Wildman–Crippen MR) is 111 cm³/mol. The average Bonchev–Trinajstić information content (AvgIpc) is 2.73. The van der Waals surface area contributed by atoms with Gasteiger partial charge in [-0.3, -0.25) is 14.5 Å². The molecule has 3 rings (SSSR count). The summed E-state index contributed by atoms with van der Waals surface area (Å²) in [5.74, 6) is 0.0429. The summed E-state index contributed by atoms with van der Waals surface area (Å²) in [4.78, 5) is 32.2. The Morgan fingerprint density at radius 2 is 1.59 bits per heavy atom. The Labute approximate surface area is 171 Å². The number of hydrogen-bond donors (Lipinski definition) is 1. The molecule has 1 aliphatic rings. The summed E-state index contributed by atoms with van der Waals surface area (Å²) in [5.41, 5.74) is 1.72. The minimum atomic E-state index is -0.963. The number of Topliss-reactive ketones (excluding diaryl/α,β-unsaturated/α-hetero) is 1. The molecule has 0 aromatic heterocycles. The number of aliphatic carboxylic acids is 1. The molecule has 1 heterocycles. The van der Waals surface area contributed by atoms with Crippen molar-refractivity contribution in [1.29, 1.82) is 0 Å². The maximum Gasteiger partial charge on any atom is 0.321 e. The van der Waals surface area contributed by atoms with Gasteiger partial charge in [0.1, 0.15) is 11.8 Å². The molecular formula is C23H28N2O4. The second-order valence-corrected chi connectivity index (χ2v) is 7.63. The fraction of sp³-hybridized carbons (Fsp3) is 0.391. The van der Waals surface area contributed by atoms with E-state index in [2.05, 4.69) is 13.8 Å². The standard InChI is InChI=1S/C23H28N2O4/c1-17(2)18-8-10-19(11-9-18)22(26)16-21(23(27)28)24-12-14-25(15-13-24)29-20-6-4-3-5-7-20/h3-11,17,21H,12-16H2,1-2H3,(H,27,28)/t21-/m0/s1. The van der Waals surface area contributed by atoms with Gasteiger partial charge in [-0.05, 0) is 23.6 Å². The molecule has 6 nitrogen and oxygen atoms in total. The van der Waals surface area contributed by atoms with Gasteiger partial charge < -0.3 is 9.94 Å². The van der Waals surface area contributed by atoms with Crippen molar-refractivity contribution in [2.75, 3.05) is 26.2 Å². The third kappa shape index (κ3) is 5.65. The molecule has 2 aromatic carbocycles. The number of rotatable bonds is 8. The summed E-state index contributed by atoms with van der Waals surface area (Å²) in [6, 6.07) is 16.1. The number of hydroxylamine groups is 2. The lowest BCUT2D eigenvalue weighted by atomic mass is 9.98. The van der Waals surface area contributed by atoms with Gasteiger partial charge in [-0.25, -0.2) is 0 Å². The van der Waals surface area contributed by atoms with Crippen LogP contribution in [0.3, 0.4) is 0 Å². The number of carbonyl (C=O) groups is 2. The van der Waals surface area contributed by atoms with Crippen molar-refractivity contribution < 1.29 is 19.5 Å². The zero-order valence-corrected chi connectivity index (χ0v) is 17.0. The Balaban J connectivity index is 1.57. The highest BCUT2D eigenvalue weighted by molar-refractivity contribution is 5.98. The monoisotopic (exact) mass is 396 g/mol. The molecule has 154 valence electrons. The molecule has 6 heteroatoms. The van der Waals surface area contributed by atoms with Crippen LogP contribution in [0.1, 0.15) is 42.1 Å². The van der Waals surface area contributed by atoms with Gasteiger partial charge in [0.05, 0.1) is 0 Å². The highest BCUT2D eigenvalue weighted by Crippen LogP contribution is 2.18. The average molecular weight is 396 g/mol. The lowest BCUT2D eigenvalue weighted by Crippen LogP contribution is -2.53. The highest BCUT2D eigenvalue weighted by atomic mass is 16.7. The van der Waals surface area contributed by atoms with E-state index >= 15 is 0 Å². The normalized spacial score (nSPS) is 16.5. The van der Waals surface area contributed by atoms with E-state index in [1.54, 1.807) is 12.1 Å². The maximum absolute atomic E-state index is 12.7. The summed E-state index contributed by atoms with van der Waals surface area (Å²) in [5, 5.41) is 11.5. The Morgan fingerprint density at radius 1 is 0.966 bits per heavy atom. The van der Waals surface area contributed by atoms with Crippen LogP contribution in [0.25, 0.3) is 0 Å². The van der Waals surface area contributed by atoms with Crippen molar-refractivity contribution >= 4 is 11.8 Å². The summed E-state index contributed by atoms with van der Waals surface area (Å²) >= 11 is 0. The lowest BCUT2D eigenvalue weighted by molar-refractivity contribution is -0.147. The molecule has 0 bridgehead atoms. The quantitative estimate of drug-likeness (QED) is 0.689. The molecule has 29 heavy (non-hydrogen) atoms. The zero-order chi connectivity index (χ0) is 20.8. The van der Waals surface area contributed by atoms with Crippen molar-refractivity contribution in [1.82, 2.24) is 9.96 Å². The van der Waals surface area contributed by atoms with Crippen LogP contribution < -0.4 is 4.84 Å². The maximum atomic E-state index is 12.7. The smallest absolute Gasteiger partial charge is 0.321 e. The van der Waals surface area contributed by atoms with Gasteiger partial charge >= 0.3 is 5.97 Å². The summed E-state index contributed by atoms with van der Waals surface area (Å²) in [7, 11) is 0. The van der Waals surface area contributed by atoms with Gasteiger partial charge in [0.2, 0.25) is 0 Å². The van der Waals surface area contributed by atoms with Crippen molar-refractivity contribution in [2.24, 2.45) is 0 Å². The summed E-state index contributed by atoms with van der Waals surface area (Å²) in [6.45, 7) is 6.41. The molecule has 1 aliphatic heterocycles. The van der Waals surface area contributed by atoms with Gasteiger partial charge in [-0.15, -0.1) is 5.06 Å². The number of hydrogen-bond acceptors (Lipinski definition) is 5. The molecule has 0 aliphatic carbocycles. The number of carboxylic acid groups (broad SMARTS) is 1. The Kier molecular flexibility index (Phi) is 7.01. The van der Waals surface area contributed by atoms with Crippen LogP contribution in [0.4, 0.5) is 0 Å². The van der Waals surface area contributed by atoms with E-state index in [-0.39, 0.29) is 12.2 Å². The molecule has 2 aromatic rings. The molecule has 0 unspecified atom stereocenters. The van der Waals surface area contributed by atoms with Crippen LogP contribution in [-0.4, -0.2) is 59.0 Å². The number of carbonyl (C=O) groups excluding carboxylic acids is 1. The number of para-hydroxylation sites is 1. The first-order chi connectivity index (χ1) is 13.9. The van der Waals surface area contributed by atoms with E-state index in [1.165, 1.54) is 0 Å². The molecule has 0 radical (unpaired) electrons. The SMILES string of the molecule is CC(C)c1ccc(C(=O)C[C@@H](C(=O)O)N2CCN(Oc3ccccc3)CC2)cc1. The largest absolute Gasteiger partial charge is 0.480 e. The third-order valence-corrected chi connectivity index (χ3v) is 5.25. The van der Waals surface area contributed by atoms with Crippen LogP contribution in [0, 0.1) is 0 Å². The summed E-state index contributed by atoms with van der Waals surface area (Å²) in [6.07, 6.45) is -0.0318. The Hall–Kier alpha value is -2.70. The number of ketones is 1. The van der Waals surface area contributed by atoms with E-state index in [1.807, 2.05) is 52.4 Å². The second kappa shape index (κ2) is 9.67. The molecular weight excluding hydrogens is 368 g/mol. The number of piperazine rings is 1. The van der Waals surface area contributed by atoms with Crippen LogP contribution in [0.15, 0.2) is 54.6 Å². The van der Waals surface area contributed by atoms with E-state index in [4.69, 9.17) is 4.84 Å². The fourth-order valence-corrected chi connectivity index (χ4v) is 3.46. The molecule has 1 atom stereocenters. The zero-order valence-electron chi connectivity index (χ0n) is 17.0. The molecule has 0 spiro atoms. The molecule has 1 N–H and O–H groups in total. The lowest BCUT2D eigenvalue weighted by Gasteiger charge is -2.36. The Bertz CT molecular complexity index is 813. The van der Waals surface area contributed by atoms with Crippen molar-refractivity contribution in [3.8, 4) is 5.75 Å². The first-order valence-electron chi connectivity index (χ1n) is 10.0. The molecule has 0 saturated carbocycles. The van der Waals surface area contributed by atoms with Crippen molar-refractivity contribution in [2.45, 2.75) is 32.2 Å². The summed E-state index contributed by atoms with van der Waals surface area (Å²) < 4.78 is 0. The molecule has 0 amide bonds. The highest BCUT2D eigenvalue weighted by Gasteiger charge is 2.31. The van der Waals surface area contributed by atoms with Crippen LogP contribution >= 0.6 is 0 Å². The van der Waals surface area contributed by atoms with Gasteiger partial charge in [0.25, 0.3) is 0 Å². The van der Waals surface area contributed by atoms with E-state index < -0.39 is 12.0 Å². The van der Waals surface area contributed by atoms with Gasteiger partial charge in [-0.2, -0.15) is 0 Å². The fourth-order valence-electron chi connectivity index (χ4n) is 3.46. The third-order valence-electron chi connectivity index (χ3n) is 5.25. The molecule has 1 saturated heterocycles. The number of nitrogens with zero attached hydrogens (tertiary/aromatic N) is 2. The van der Waals surface area contributed by atoms with E-state index in [9.17, 15) is 14.7 Å². The minimum Gasteiger partial charge on any atom is -0.480 e. The van der Waals surface area contributed by atoms with Crippen LogP contribution in [0.2, 0.25) is 0 Å². The van der Waals surface area contributed by atoms with E-state index in [0.29, 0.717) is 37.7 Å². The van der Waals surface area contributed by atoms with Gasteiger partial charge in [-0.1, -0.05) is 56.3 Å². The minimum absolute atomic E-state index is 0.0318. The second-order valence-electron chi connectivity index (χ2n) is 7.63. The van der Waals surface area contributed by atoms with Crippen molar-refractivity contribution in [3.05, 3.63) is 65.7 Å². The van der Waals surface area contributed by atoms with Crippen LogP contribution in [0.5, 0.6) is 5.75 Å². The first kappa shape index (κ1) is 21.0.